The van der Waals surface area contributed by atoms with Crippen molar-refractivity contribution in [2.75, 3.05) is 18.1 Å². The molecule has 0 spiro atoms. The summed E-state index contributed by atoms with van der Waals surface area (Å²) in [5, 5.41) is 0. The van der Waals surface area contributed by atoms with Crippen LogP contribution in [0.15, 0.2) is 12.3 Å². The van der Waals surface area contributed by atoms with Crippen LogP contribution in [-0.2, 0) is 11.3 Å². The number of pyridine rings is 1. The topological polar surface area (TPSA) is 51.4 Å². The largest absolute Gasteiger partial charge is 0.375 e. The predicted molar refractivity (Wildman–Crippen MR) is 69.1 cm³/mol. The van der Waals surface area contributed by atoms with Crippen LogP contribution in [0, 0.1) is 6.92 Å². The second kappa shape index (κ2) is 5.02. The Bertz CT molecular complexity index is 394. The molecule has 0 bridgehead atoms. The predicted octanol–water partition coefficient (Wildman–Crippen LogP) is 1.46. The minimum atomic E-state index is 0.249. The molecular formula is C13H21N3O. The van der Waals surface area contributed by atoms with Crippen LogP contribution in [0.25, 0.3) is 0 Å². The molecule has 17 heavy (non-hydrogen) atoms. The summed E-state index contributed by atoms with van der Waals surface area (Å²) in [4.78, 5) is 6.82. The summed E-state index contributed by atoms with van der Waals surface area (Å²) in [6, 6.07) is 2.37. The van der Waals surface area contributed by atoms with Gasteiger partial charge in [0.05, 0.1) is 18.8 Å². The Hall–Kier alpha value is -1.13. The number of ether oxygens (including phenoxy) is 1. The van der Waals surface area contributed by atoms with Crippen LogP contribution in [-0.4, -0.2) is 30.3 Å². The van der Waals surface area contributed by atoms with Gasteiger partial charge in [-0.1, -0.05) is 0 Å². The van der Waals surface area contributed by atoms with Crippen molar-refractivity contribution in [2.24, 2.45) is 5.73 Å². The van der Waals surface area contributed by atoms with Gasteiger partial charge in [0.2, 0.25) is 0 Å². The number of aromatic nitrogens is 1. The lowest BCUT2D eigenvalue weighted by molar-refractivity contribution is 0.0340. The molecule has 0 radical (unpaired) electrons. The Labute approximate surface area is 103 Å². The molecule has 0 aliphatic carbocycles. The van der Waals surface area contributed by atoms with Crippen LogP contribution in [0.1, 0.15) is 25.0 Å². The number of hydrogen-bond donors (Lipinski definition) is 1. The quantitative estimate of drug-likeness (QED) is 0.843. The van der Waals surface area contributed by atoms with Crippen LogP contribution >= 0.6 is 0 Å². The second-order valence-electron chi connectivity index (χ2n) is 4.78. The van der Waals surface area contributed by atoms with E-state index in [0.717, 1.165) is 24.5 Å². The fourth-order valence-electron chi connectivity index (χ4n) is 2.27. The number of rotatable bonds is 2. The molecule has 4 heteroatoms. The Morgan fingerprint density at radius 1 is 1.53 bits per heavy atom. The molecule has 2 N–H and O–H groups in total. The van der Waals surface area contributed by atoms with Gasteiger partial charge < -0.3 is 15.4 Å². The van der Waals surface area contributed by atoms with Crippen LogP contribution in [0.4, 0.5) is 5.82 Å². The zero-order valence-corrected chi connectivity index (χ0v) is 10.8. The van der Waals surface area contributed by atoms with Gasteiger partial charge in [-0.3, -0.25) is 0 Å². The van der Waals surface area contributed by atoms with Gasteiger partial charge in [0, 0.05) is 24.8 Å². The molecule has 94 valence electrons. The van der Waals surface area contributed by atoms with Crippen molar-refractivity contribution < 1.29 is 4.74 Å². The Morgan fingerprint density at radius 3 is 3.00 bits per heavy atom. The highest BCUT2D eigenvalue weighted by atomic mass is 16.5. The fourth-order valence-corrected chi connectivity index (χ4v) is 2.27. The average Bonchev–Trinajstić information content (AvgIpc) is 2.32. The van der Waals surface area contributed by atoms with Gasteiger partial charge in [0.1, 0.15) is 5.82 Å². The first-order valence-electron chi connectivity index (χ1n) is 6.16. The molecule has 2 unspecified atom stereocenters. The van der Waals surface area contributed by atoms with E-state index in [1.165, 1.54) is 5.56 Å². The molecule has 1 aliphatic heterocycles. The van der Waals surface area contributed by atoms with E-state index in [4.69, 9.17) is 10.5 Å². The van der Waals surface area contributed by atoms with Crippen molar-refractivity contribution in [1.82, 2.24) is 4.98 Å². The lowest BCUT2D eigenvalue weighted by Crippen LogP contribution is -2.48. The van der Waals surface area contributed by atoms with Crippen LogP contribution < -0.4 is 10.6 Å². The van der Waals surface area contributed by atoms with Gasteiger partial charge in [-0.05, 0) is 32.4 Å². The highest BCUT2D eigenvalue weighted by Gasteiger charge is 2.26. The molecule has 1 fully saturated rings. The number of morpholine rings is 1. The zero-order valence-electron chi connectivity index (χ0n) is 10.8. The molecule has 0 aromatic carbocycles. The first-order valence-corrected chi connectivity index (χ1v) is 6.16. The van der Waals surface area contributed by atoms with Crippen molar-refractivity contribution >= 4 is 5.82 Å². The molecule has 1 aromatic rings. The van der Waals surface area contributed by atoms with Crippen LogP contribution in [0.5, 0.6) is 0 Å². The third-order valence-electron chi connectivity index (χ3n) is 3.35. The molecule has 1 saturated heterocycles. The molecule has 0 saturated carbocycles. The van der Waals surface area contributed by atoms with Gasteiger partial charge in [-0.2, -0.15) is 0 Å². The SMILES string of the molecule is Cc1ccnc(N2CC(C)OCC2C)c1CN. The number of nitrogens with zero attached hydrogens (tertiary/aromatic N) is 2. The van der Waals surface area contributed by atoms with Gasteiger partial charge >= 0.3 is 0 Å². The zero-order chi connectivity index (χ0) is 12.4. The van der Waals surface area contributed by atoms with Crippen molar-refractivity contribution in [3.63, 3.8) is 0 Å². The summed E-state index contributed by atoms with van der Waals surface area (Å²) >= 11 is 0. The molecule has 2 heterocycles. The highest BCUT2D eigenvalue weighted by molar-refractivity contribution is 5.51. The highest BCUT2D eigenvalue weighted by Crippen LogP contribution is 2.25. The van der Waals surface area contributed by atoms with E-state index in [1.807, 2.05) is 12.3 Å². The number of anilines is 1. The van der Waals surface area contributed by atoms with Crippen LogP contribution in [0.2, 0.25) is 0 Å². The van der Waals surface area contributed by atoms with Crippen molar-refractivity contribution in [3.05, 3.63) is 23.4 Å². The molecule has 2 rings (SSSR count). The normalized spacial score (nSPS) is 25.1. The first-order chi connectivity index (χ1) is 8.13. The molecule has 2 atom stereocenters. The van der Waals surface area contributed by atoms with E-state index in [1.54, 1.807) is 0 Å². The Morgan fingerprint density at radius 2 is 2.29 bits per heavy atom. The monoisotopic (exact) mass is 235 g/mol. The minimum Gasteiger partial charge on any atom is -0.375 e. The summed E-state index contributed by atoms with van der Waals surface area (Å²) < 4.78 is 5.64. The molecule has 1 aliphatic rings. The van der Waals surface area contributed by atoms with E-state index in [0.29, 0.717) is 12.6 Å². The molecule has 1 aromatic heterocycles. The molecular weight excluding hydrogens is 214 g/mol. The van der Waals surface area contributed by atoms with E-state index in [-0.39, 0.29) is 6.10 Å². The van der Waals surface area contributed by atoms with E-state index in [9.17, 15) is 0 Å². The summed E-state index contributed by atoms with van der Waals surface area (Å²) in [5.41, 5.74) is 8.20. The van der Waals surface area contributed by atoms with E-state index >= 15 is 0 Å². The third-order valence-corrected chi connectivity index (χ3v) is 3.35. The molecule has 4 nitrogen and oxygen atoms in total. The lowest BCUT2D eigenvalue weighted by atomic mass is 10.1. The van der Waals surface area contributed by atoms with Gasteiger partial charge in [-0.25, -0.2) is 4.98 Å². The van der Waals surface area contributed by atoms with E-state index < -0.39 is 0 Å². The van der Waals surface area contributed by atoms with Gasteiger partial charge in [0.15, 0.2) is 0 Å². The summed E-state index contributed by atoms with van der Waals surface area (Å²) in [6.45, 7) is 8.51. The van der Waals surface area contributed by atoms with E-state index in [2.05, 4.69) is 30.7 Å². The number of aryl methyl sites for hydroxylation is 1. The second-order valence-corrected chi connectivity index (χ2v) is 4.78. The maximum Gasteiger partial charge on any atom is 0.133 e. The summed E-state index contributed by atoms with van der Waals surface area (Å²) in [7, 11) is 0. The van der Waals surface area contributed by atoms with Gasteiger partial charge in [-0.15, -0.1) is 0 Å². The first kappa shape index (κ1) is 12.3. The number of hydrogen-bond acceptors (Lipinski definition) is 4. The number of nitrogens with two attached hydrogens (primary N) is 1. The van der Waals surface area contributed by atoms with Crippen LogP contribution in [0.3, 0.4) is 0 Å². The van der Waals surface area contributed by atoms with Crippen molar-refractivity contribution in [2.45, 2.75) is 39.5 Å². The summed E-state index contributed by atoms with van der Waals surface area (Å²) in [5.74, 6) is 1.02. The maximum absolute atomic E-state index is 5.84. The van der Waals surface area contributed by atoms with Crippen molar-refractivity contribution in [3.8, 4) is 0 Å². The average molecular weight is 235 g/mol. The standard InChI is InChI=1S/C13H21N3O/c1-9-4-5-15-13(12(9)6-14)16-7-11(3)17-8-10(16)2/h4-5,10-11H,6-8,14H2,1-3H3. The molecule has 0 amide bonds. The minimum absolute atomic E-state index is 0.249. The van der Waals surface area contributed by atoms with Crippen molar-refractivity contribution in [1.29, 1.82) is 0 Å². The summed E-state index contributed by atoms with van der Waals surface area (Å²) in [6.07, 6.45) is 2.11. The lowest BCUT2D eigenvalue weighted by Gasteiger charge is -2.38. The third kappa shape index (κ3) is 2.42. The van der Waals surface area contributed by atoms with Gasteiger partial charge in [0.25, 0.3) is 0 Å². The Balaban J connectivity index is 2.35. The smallest absolute Gasteiger partial charge is 0.133 e. The maximum atomic E-state index is 5.84. The Kier molecular flexibility index (Phi) is 3.64. The fraction of sp³-hybridized carbons (Fsp3) is 0.615.